The van der Waals surface area contributed by atoms with E-state index in [0.29, 0.717) is 0 Å². The molecule has 1 aliphatic carbocycles. The molecule has 0 radical (unpaired) electrons. The van der Waals surface area contributed by atoms with Gasteiger partial charge in [0, 0.05) is 0 Å². The Morgan fingerprint density at radius 1 is 0.542 bits per heavy atom. The van der Waals surface area contributed by atoms with Crippen LogP contribution in [0, 0.1) is 0 Å². The molecule has 1 aliphatic rings. The summed E-state index contributed by atoms with van der Waals surface area (Å²) in [4.78, 5) is 0. The summed E-state index contributed by atoms with van der Waals surface area (Å²) in [7, 11) is 0. The molecule has 0 saturated heterocycles. The minimum atomic E-state index is -1.20. The second-order valence-corrected chi connectivity index (χ2v) is 5.33. The maximum Gasteiger partial charge on any atom is 0.115 e. The molecule has 6 heteroatoms. The number of rotatable bonds is 12. The largest absolute Gasteiger partial charge is 0.387 e. The van der Waals surface area contributed by atoms with Crippen LogP contribution in [-0.4, -0.2) is 73.3 Å². The Morgan fingerprint density at radius 2 is 0.792 bits per heavy atom. The zero-order valence-electron chi connectivity index (χ0n) is 14.0. The second kappa shape index (κ2) is 11.3. The summed E-state index contributed by atoms with van der Waals surface area (Å²) in [6.45, 7) is 15.3. The summed E-state index contributed by atoms with van der Waals surface area (Å²) in [5, 5.41) is 20.9. The predicted octanol–water partition coefficient (Wildman–Crippen LogP) is 1.01. The molecule has 0 bridgehead atoms. The van der Waals surface area contributed by atoms with Crippen molar-refractivity contribution in [2.24, 2.45) is 0 Å². The van der Waals surface area contributed by atoms with Gasteiger partial charge in [-0.3, -0.25) is 0 Å². The summed E-state index contributed by atoms with van der Waals surface area (Å²) < 4.78 is 22.8. The molecule has 24 heavy (non-hydrogen) atoms. The van der Waals surface area contributed by atoms with Crippen LogP contribution < -0.4 is 0 Å². The molecule has 0 amide bonds. The molecule has 6 nitrogen and oxygen atoms in total. The van der Waals surface area contributed by atoms with Crippen LogP contribution in [0.25, 0.3) is 0 Å². The Kier molecular flexibility index (Phi) is 9.78. The highest BCUT2D eigenvalue weighted by atomic mass is 16.6. The van der Waals surface area contributed by atoms with Gasteiger partial charge in [0.1, 0.15) is 36.6 Å². The van der Waals surface area contributed by atoms with E-state index in [1.165, 1.54) is 0 Å². The SMILES string of the molecule is C=CCO[C@@H]1[C@@H](OCC=C)[C@H](OCC=C)[C@@H](O)[C@@H](O)[C@H]1OCC=C. The van der Waals surface area contributed by atoms with Gasteiger partial charge in [0.15, 0.2) is 0 Å². The molecule has 1 rings (SSSR count). The van der Waals surface area contributed by atoms with Gasteiger partial charge in [0.2, 0.25) is 0 Å². The van der Waals surface area contributed by atoms with Crippen LogP contribution in [-0.2, 0) is 18.9 Å². The fourth-order valence-corrected chi connectivity index (χ4v) is 2.63. The van der Waals surface area contributed by atoms with E-state index in [9.17, 15) is 10.2 Å². The van der Waals surface area contributed by atoms with Crippen molar-refractivity contribution in [1.29, 1.82) is 0 Å². The van der Waals surface area contributed by atoms with Crippen molar-refractivity contribution in [3.05, 3.63) is 50.6 Å². The zero-order chi connectivity index (χ0) is 17.9. The van der Waals surface area contributed by atoms with Gasteiger partial charge in [0.05, 0.1) is 26.4 Å². The highest BCUT2D eigenvalue weighted by Gasteiger charge is 2.52. The average molecular weight is 340 g/mol. The monoisotopic (exact) mass is 340 g/mol. The van der Waals surface area contributed by atoms with Crippen molar-refractivity contribution >= 4 is 0 Å². The van der Waals surface area contributed by atoms with Crippen LogP contribution in [0.3, 0.4) is 0 Å². The number of aliphatic hydroxyl groups is 2. The molecule has 6 atom stereocenters. The van der Waals surface area contributed by atoms with Crippen molar-refractivity contribution in [2.45, 2.75) is 36.6 Å². The Balaban J connectivity index is 3.07. The third-order valence-electron chi connectivity index (χ3n) is 3.62. The molecular weight excluding hydrogens is 312 g/mol. The lowest BCUT2D eigenvalue weighted by atomic mass is 9.84. The second-order valence-electron chi connectivity index (χ2n) is 5.33. The van der Waals surface area contributed by atoms with E-state index >= 15 is 0 Å². The Bertz CT molecular complexity index is 372. The van der Waals surface area contributed by atoms with Crippen LogP contribution in [0.2, 0.25) is 0 Å². The third kappa shape index (κ3) is 5.37. The molecule has 1 saturated carbocycles. The molecule has 136 valence electrons. The fraction of sp³-hybridized carbons (Fsp3) is 0.556. The number of hydrogen-bond donors (Lipinski definition) is 2. The first-order valence-electron chi connectivity index (χ1n) is 7.88. The summed E-state index contributed by atoms with van der Waals surface area (Å²) >= 11 is 0. The van der Waals surface area contributed by atoms with Crippen molar-refractivity contribution in [1.82, 2.24) is 0 Å². The molecule has 2 N–H and O–H groups in total. The summed E-state index contributed by atoms with van der Waals surface area (Å²) in [5.41, 5.74) is 0. The summed E-state index contributed by atoms with van der Waals surface area (Å²) in [5.74, 6) is 0. The minimum absolute atomic E-state index is 0.203. The van der Waals surface area contributed by atoms with E-state index in [0.717, 1.165) is 0 Å². The van der Waals surface area contributed by atoms with Gasteiger partial charge < -0.3 is 29.2 Å². The minimum Gasteiger partial charge on any atom is -0.387 e. The van der Waals surface area contributed by atoms with Crippen molar-refractivity contribution < 1.29 is 29.2 Å². The van der Waals surface area contributed by atoms with E-state index in [1.54, 1.807) is 24.3 Å². The molecule has 0 aromatic carbocycles. The predicted molar refractivity (Wildman–Crippen MR) is 91.8 cm³/mol. The molecule has 0 spiro atoms. The Morgan fingerprint density at radius 3 is 1.04 bits per heavy atom. The smallest absolute Gasteiger partial charge is 0.115 e. The van der Waals surface area contributed by atoms with Crippen molar-refractivity contribution in [2.75, 3.05) is 26.4 Å². The molecule has 0 aliphatic heterocycles. The highest BCUT2D eigenvalue weighted by Crippen LogP contribution is 2.30. The van der Waals surface area contributed by atoms with Gasteiger partial charge in [-0.15, -0.1) is 26.3 Å². The lowest BCUT2D eigenvalue weighted by Crippen LogP contribution is -2.66. The lowest BCUT2D eigenvalue weighted by Gasteiger charge is -2.46. The van der Waals surface area contributed by atoms with Crippen LogP contribution in [0.15, 0.2) is 50.6 Å². The maximum absolute atomic E-state index is 10.5. The van der Waals surface area contributed by atoms with E-state index in [-0.39, 0.29) is 26.4 Å². The topological polar surface area (TPSA) is 77.4 Å². The standard InChI is InChI=1S/C18H28O6/c1-5-9-21-15-13(19)14(20)16(22-10-6-2)18(24-12-8-4)17(15)23-11-7-3/h5-8,13-20H,1-4,9-12H2/t13-,14+,15-,16-,17+,18+/m1/s1. The first-order valence-corrected chi connectivity index (χ1v) is 7.88. The van der Waals surface area contributed by atoms with E-state index in [4.69, 9.17) is 18.9 Å². The van der Waals surface area contributed by atoms with E-state index in [1.807, 2.05) is 0 Å². The van der Waals surface area contributed by atoms with Crippen LogP contribution in [0.5, 0.6) is 0 Å². The van der Waals surface area contributed by atoms with Gasteiger partial charge in [-0.05, 0) is 0 Å². The normalized spacial score (nSPS) is 32.9. The average Bonchev–Trinajstić information content (AvgIpc) is 2.59. The van der Waals surface area contributed by atoms with Gasteiger partial charge in [0.25, 0.3) is 0 Å². The fourth-order valence-electron chi connectivity index (χ4n) is 2.63. The molecule has 0 aromatic heterocycles. The Hall–Kier alpha value is -1.28. The number of aliphatic hydroxyl groups excluding tert-OH is 2. The number of hydrogen-bond acceptors (Lipinski definition) is 6. The van der Waals surface area contributed by atoms with Crippen LogP contribution >= 0.6 is 0 Å². The molecule has 0 heterocycles. The van der Waals surface area contributed by atoms with Gasteiger partial charge in [-0.1, -0.05) is 24.3 Å². The van der Waals surface area contributed by atoms with E-state index < -0.39 is 36.6 Å². The molecular formula is C18H28O6. The van der Waals surface area contributed by atoms with Gasteiger partial charge >= 0.3 is 0 Å². The zero-order valence-corrected chi connectivity index (χ0v) is 14.0. The van der Waals surface area contributed by atoms with Crippen molar-refractivity contribution in [3.8, 4) is 0 Å². The summed E-state index contributed by atoms with van der Waals surface area (Å²) in [6.07, 6.45) is 1.00. The van der Waals surface area contributed by atoms with Gasteiger partial charge in [-0.2, -0.15) is 0 Å². The molecule has 1 fully saturated rings. The van der Waals surface area contributed by atoms with Crippen LogP contribution in [0.4, 0.5) is 0 Å². The molecule has 0 unspecified atom stereocenters. The quantitative estimate of drug-likeness (QED) is 0.516. The first-order chi connectivity index (χ1) is 11.6. The Labute approximate surface area is 143 Å². The summed E-state index contributed by atoms with van der Waals surface area (Å²) in [6, 6.07) is 0. The van der Waals surface area contributed by atoms with Crippen LogP contribution in [0.1, 0.15) is 0 Å². The first kappa shape index (κ1) is 20.8. The highest BCUT2D eigenvalue weighted by molar-refractivity contribution is 5.03. The third-order valence-corrected chi connectivity index (χ3v) is 3.62. The molecule has 0 aromatic rings. The lowest BCUT2D eigenvalue weighted by molar-refractivity contribution is -0.258. The van der Waals surface area contributed by atoms with Crippen molar-refractivity contribution in [3.63, 3.8) is 0 Å². The van der Waals surface area contributed by atoms with E-state index in [2.05, 4.69) is 26.3 Å². The number of ether oxygens (including phenoxy) is 4. The van der Waals surface area contributed by atoms with Gasteiger partial charge in [-0.25, -0.2) is 0 Å². The maximum atomic E-state index is 10.5.